The lowest BCUT2D eigenvalue weighted by Gasteiger charge is -2.30. The van der Waals surface area contributed by atoms with Crippen molar-refractivity contribution in [1.29, 1.82) is 0 Å². The largest absolute Gasteiger partial charge is 0.494 e. The lowest BCUT2D eigenvalue weighted by Crippen LogP contribution is -2.36. The molecular formula is C29H30N2O5. The van der Waals surface area contributed by atoms with E-state index in [2.05, 4.69) is 17.1 Å². The standard InChI is InChI=1S/C29H30N2O5/c1-19-14-27-30-17-26(19)25(16-28(32)33)22-5-4-20-10-11-31(18-23(20)15-22)29(34)21-6-8-24(9-7-21)35-12-2-3-13-36-27/h4-9,14-15,17,25H,2-3,10-13,16,18H2,1H3,(H,32,33). The van der Waals surface area contributed by atoms with Crippen LogP contribution in [0.1, 0.15) is 63.4 Å². The predicted octanol–water partition coefficient (Wildman–Crippen LogP) is 4.75. The van der Waals surface area contributed by atoms with Gasteiger partial charge in [0.1, 0.15) is 5.75 Å². The van der Waals surface area contributed by atoms with Gasteiger partial charge in [0.25, 0.3) is 5.91 Å². The van der Waals surface area contributed by atoms with E-state index in [1.54, 1.807) is 6.20 Å². The average Bonchev–Trinajstić information content (AvgIpc) is 2.88. The van der Waals surface area contributed by atoms with Gasteiger partial charge in [-0.25, -0.2) is 4.98 Å². The minimum absolute atomic E-state index is 0.0154. The van der Waals surface area contributed by atoms with Crippen molar-refractivity contribution < 1.29 is 24.2 Å². The average molecular weight is 487 g/mol. The summed E-state index contributed by atoms with van der Waals surface area (Å²) in [6.07, 6.45) is 4.09. The molecule has 0 spiro atoms. The Hall–Kier alpha value is -3.87. The number of aliphatic carboxylic acids is 1. The molecule has 36 heavy (non-hydrogen) atoms. The van der Waals surface area contributed by atoms with Crippen LogP contribution in [0.5, 0.6) is 11.6 Å². The minimum atomic E-state index is -0.870. The Morgan fingerprint density at radius 1 is 1.06 bits per heavy atom. The number of aromatic nitrogens is 1. The maximum atomic E-state index is 13.2. The molecule has 6 heterocycles. The fourth-order valence-corrected chi connectivity index (χ4v) is 4.98. The first-order chi connectivity index (χ1) is 17.5. The molecule has 0 radical (unpaired) electrons. The van der Waals surface area contributed by atoms with E-state index in [0.717, 1.165) is 47.3 Å². The highest BCUT2D eigenvalue weighted by atomic mass is 16.5. The van der Waals surface area contributed by atoms with Crippen LogP contribution in [0.3, 0.4) is 0 Å². The fourth-order valence-electron chi connectivity index (χ4n) is 4.98. The molecule has 1 amide bonds. The molecule has 5 aliphatic rings. The molecule has 186 valence electrons. The zero-order chi connectivity index (χ0) is 25.1. The number of pyridine rings is 1. The first kappa shape index (κ1) is 23.9. The van der Waals surface area contributed by atoms with Crippen molar-refractivity contribution in [3.05, 3.63) is 88.1 Å². The number of hydrogen-bond donors (Lipinski definition) is 1. The van der Waals surface area contributed by atoms with Gasteiger partial charge < -0.3 is 19.5 Å². The lowest BCUT2D eigenvalue weighted by atomic mass is 9.84. The number of ether oxygens (including phenoxy) is 2. The molecule has 7 heteroatoms. The van der Waals surface area contributed by atoms with Crippen molar-refractivity contribution in [2.75, 3.05) is 19.8 Å². The fraction of sp³-hybridized carbons (Fsp3) is 0.345. The van der Waals surface area contributed by atoms with Gasteiger partial charge in [-0.2, -0.15) is 0 Å². The first-order valence-corrected chi connectivity index (χ1v) is 12.4. The molecule has 3 aromatic rings. The first-order valence-electron chi connectivity index (χ1n) is 12.4. The summed E-state index contributed by atoms with van der Waals surface area (Å²) in [6, 6.07) is 15.3. The summed E-state index contributed by atoms with van der Waals surface area (Å²) >= 11 is 0. The van der Waals surface area contributed by atoms with E-state index in [-0.39, 0.29) is 18.2 Å². The predicted molar refractivity (Wildman–Crippen MR) is 135 cm³/mol. The molecule has 1 aromatic heterocycles. The second-order valence-electron chi connectivity index (χ2n) is 9.46. The molecule has 7 bridgehead atoms. The molecule has 8 rings (SSSR count). The van der Waals surface area contributed by atoms with Gasteiger partial charge in [-0.15, -0.1) is 0 Å². The number of carbonyl (C=O) groups excluding carboxylic acids is 1. The minimum Gasteiger partial charge on any atom is -0.494 e. The van der Waals surface area contributed by atoms with Crippen LogP contribution in [-0.4, -0.2) is 46.6 Å². The van der Waals surface area contributed by atoms with Crippen LogP contribution < -0.4 is 9.47 Å². The Labute approximate surface area is 210 Å². The Morgan fingerprint density at radius 2 is 1.83 bits per heavy atom. The number of carboxylic acids is 1. The maximum absolute atomic E-state index is 13.2. The molecule has 0 aliphatic carbocycles. The Morgan fingerprint density at radius 3 is 2.58 bits per heavy atom. The van der Waals surface area contributed by atoms with Crippen molar-refractivity contribution in [3.8, 4) is 11.6 Å². The number of aryl methyl sites for hydroxylation is 1. The number of hydrogen-bond acceptors (Lipinski definition) is 5. The molecule has 5 aliphatic heterocycles. The maximum Gasteiger partial charge on any atom is 0.304 e. The second-order valence-corrected chi connectivity index (χ2v) is 9.46. The van der Waals surface area contributed by atoms with Gasteiger partial charge in [-0.3, -0.25) is 9.59 Å². The number of nitrogens with zero attached hydrogens (tertiary/aromatic N) is 2. The van der Waals surface area contributed by atoms with Gasteiger partial charge in [0.15, 0.2) is 0 Å². The Kier molecular flexibility index (Phi) is 6.89. The van der Waals surface area contributed by atoms with E-state index in [9.17, 15) is 14.7 Å². The van der Waals surface area contributed by atoms with Gasteiger partial charge in [0.2, 0.25) is 5.88 Å². The number of carboxylic acid groups (broad SMARTS) is 1. The Bertz CT molecular complexity index is 1270. The normalized spacial score (nSPS) is 17.9. The van der Waals surface area contributed by atoms with Gasteiger partial charge in [0.05, 0.1) is 19.6 Å². The van der Waals surface area contributed by atoms with Crippen molar-refractivity contribution >= 4 is 11.9 Å². The van der Waals surface area contributed by atoms with E-state index >= 15 is 0 Å². The van der Waals surface area contributed by atoms with E-state index in [0.29, 0.717) is 37.7 Å². The summed E-state index contributed by atoms with van der Waals surface area (Å²) < 4.78 is 11.7. The second kappa shape index (κ2) is 10.4. The van der Waals surface area contributed by atoms with Crippen LogP contribution in [-0.2, 0) is 17.8 Å². The molecule has 7 nitrogen and oxygen atoms in total. The van der Waals surface area contributed by atoms with Crippen LogP contribution >= 0.6 is 0 Å². The molecule has 2 aromatic carbocycles. The Balaban J connectivity index is 1.52. The molecule has 1 atom stereocenters. The molecule has 1 unspecified atom stereocenters. The highest BCUT2D eigenvalue weighted by molar-refractivity contribution is 5.94. The highest BCUT2D eigenvalue weighted by Gasteiger charge is 2.25. The number of benzene rings is 2. The van der Waals surface area contributed by atoms with Crippen molar-refractivity contribution in [2.24, 2.45) is 0 Å². The summed E-state index contributed by atoms with van der Waals surface area (Å²) in [6.45, 7) is 4.17. The third-order valence-corrected chi connectivity index (χ3v) is 6.97. The van der Waals surface area contributed by atoms with Crippen LogP contribution in [0.25, 0.3) is 0 Å². The smallest absolute Gasteiger partial charge is 0.304 e. The van der Waals surface area contributed by atoms with Gasteiger partial charge in [-0.05, 0) is 78.3 Å². The summed E-state index contributed by atoms with van der Waals surface area (Å²) in [5.74, 6) is 0.0414. The van der Waals surface area contributed by atoms with Gasteiger partial charge in [-0.1, -0.05) is 18.2 Å². The van der Waals surface area contributed by atoms with Crippen LogP contribution in [0.2, 0.25) is 0 Å². The zero-order valence-corrected chi connectivity index (χ0v) is 20.4. The summed E-state index contributed by atoms with van der Waals surface area (Å²) in [4.78, 5) is 31.4. The van der Waals surface area contributed by atoms with Crippen molar-refractivity contribution in [3.63, 3.8) is 0 Å². The molecule has 1 N–H and O–H groups in total. The monoisotopic (exact) mass is 486 g/mol. The van der Waals surface area contributed by atoms with E-state index in [1.807, 2.05) is 48.2 Å². The number of amides is 1. The van der Waals surface area contributed by atoms with Crippen molar-refractivity contribution in [2.45, 2.75) is 45.1 Å². The summed E-state index contributed by atoms with van der Waals surface area (Å²) in [5, 5.41) is 9.69. The van der Waals surface area contributed by atoms with E-state index in [4.69, 9.17) is 9.47 Å². The van der Waals surface area contributed by atoms with Crippen LogP contribution in [0.15, 0.2) is 54.7 Å². The summed E-state index contributed by atoms with van der Waals surface area (Å²) in [7, 11) is 0. The molecule has 0 saturated heterocycles. The molecule has 0 saturated carbocycles. The third kappa shape index (κ3) is 5.20. The number of carbonyl (C=O) groups is 2. The molecule has 0 fully saturated rings. The zero-order valence-electron chi connectivity index (χ0n) is 20.4. The lowest BCUT2D eigenvalue weighted by molar-refractivity contribution is -0.137. The van der Waals surface area contributed by atoms with Crippen LogP contribution in [0, 0.1) is 6.92 Å². The third-order valence-electron chi connectivity index (χ3n) is 6.97. The summed E-state index contributed by atoms with van der Waals surface area (Å²) in [5.41, 5.74) is 5.60. The van der Waals surface area contributed by atoms with Crippen molar-refractivity contribution in [1.82, 2.24) is 9.88 Å². The SMILES string of the molecule is Cc1cc2ncc1C(CC(=O)O)c1ccc3c(c1)CN(CC3)C(=O)c1ccc(cc1)OCCCCO2. The quantitative estimate of drug-likeness (QED) is 0.563. The number of rotatable bonds is 2. The topological polar surface area (TPSA) is 89.0 Å². The van der Waals surface area contributed by atoms with Gasteiger partial charge >= 0.3 is 5.97 Å². The van der Waals surface area contributed by atoms with E-state index in [1.165, 1.54) is 5.56 Å². The highest BCUT2D eigenvalue weighted by Crippen LogP contribution is 2.34. The van der Waals surface area contributed by atoms with Crippen LogP contribution in [0.4, 0.5) is 0 Å². The van der Waals surface area contributed by atoms with Gasteiger partial charge in [0, 0.05) is 36.8 Å². The van der Waals surface area contributed by atoms with E-state index < -0.39 is 5.97 Å². The molecular weight excluding hydrogens is 456 g/mol.